The lowest BCUT2D eigenvalue weighted by atomic mass is 10.0. The highest BCUT2D eigenvalue weighted by Gasteiger charge is 2.31. The molecule has 5 amide bonds. The third-order valence-corrected chi connectivity index (χ3v) is 6.12. The number of hydrogen-bond donors (Lipinski definition) is 4. The Morgan fingerprint density at radius 2 is 1.49 bits per heavy atom. The summed E-state index contributed by atoms with van der Waals surface area (Å²) in [5.41, 5.74) is 4.19. The molecular formula is C27H29FN6O5. The number of halogens is 1. The molecule has 1 aliphatic heterocycles. The van der Waals surface area contributed by atoms with Crippen LogP contribution >= 0.6 is 0 Å². The van der Waals surface area contributed by atoms with E-state index in [1.54, 1.807) is 49.9 Å². The molecule has 39 heavy (non-hydrogen) atoms. The molecule has 0 spiro atoms. The van der Waals surface area contributed by atoms with Crippen molar-refractivity contribution in [3.63, 3.8) is 0 Å². The zero-order valence-corrected chi connectivity index (χ0v) is 21.8. The van der Waals surface area contributed by atoms with Gasteiger partial charge in [-0.05, 0) is 45.0 Å². The van der Waals surface area contributed by atoms with Gasteiger partial charge in [0.05, 0.1) is 16.6 Å². The number of hydrazine groups is 1. The maximum absolute atomic E-state index is 14.8. The molecule has 0 radical (unpaired) electrons. The molecule has 1 aliphatic rings. The van der Waals surface area contributed by atoms with E-state index in [9.17, 15) is 28.4 Å². The van der Waals surface area contributed by atoms with Crippen molar-refractivity contribution in [1.82, 2.24) is 31.0 Å². The summed E-state index contributed by atoms with van der Waals surface area (Å²) in [6.07, 6.45) is 1.18. The van der Waals surface area contributed by atoms with Crippen molar-refractivity contribution in [3.05, 3.63) is 71.2 Å². The number of benzene rings is 2. The van der Waals surface area contributed by atoms with Gasteiger partial charge in [0.1, 0.15) is 5.82 Å². The summed E-state index contributed by atoms with van der Waals surface area (Å²) in [4.78, 5) is 69.1. The van der Waals surface area contributed by atoms with Crippen LogP contribution in [0.2, 0.25) is 0 Å². The van der Waals surface area contributed by atoms with E-state index in [0.717, 1.165) is 6.07 Å². The van der Waals surface area contributed by atoms with Crippen LogP contribution in [0.3, 0.4) is 0 Å². The Morgan fingerprint density at radius 3 is 2.13 bits per heavy atom. The van der Waals surface area contributed by atoms with Crippen molar-refractivity contribution >= 4 is 40.4 Å². The normalized spacial score (nSPS) is 13.6. The fraction of sp³-hybridized carbons (Fsp3) is 0.296. The van der Waals surface area contributed by atoms with E-state index in [0.29, 0.717) is 5.56 Å². The molecule has 0 atom stereocenters. The minimum atomic E-state index is -0.941. The molecule has 12 heteroatoms. The summed E-state index contributed by atoms with van der Waals surface area (Å²) in [6, 6.07) is 10.3. The number of urea groups is 1. The van der Waals surface area contributed by atoms with Crippen molar-refractivity contribution in [3.8, 4) is 0 Å². The van der Waals surface area contributed by atoms with Crippen LogP contribution in [0.5, 0.6) is 0 Å². The predicted molar refractivity (Wildman–Crippen MR) is 140 cm³/mol. The summed E-state index contributed by atoms with van der Waals surface area (Å²) >= 11 is 0. The second-order valence-corrected chi connectivity index (χ2v) is 10.1. The van der Waals surface area contributed by atoms with Crippen molar-refractivity contribution < 1.29 is 28.4 Å². The van der Waals surface area contributed by atoms with Crippen LogP contribution in [0.15, 0.2) is 48.7 Å². The number of nitrogens with zero attached hydrogens (tertiary/aromatic N) is 2. The van der Waals surface area contributed by atoms with Crippen LogP contribution < -0.4 is 16.2 Å². The molecule has 1 fully saturated rings. The average Bonchev–Trinajstić information content (AvgIpc) is 3.36. The fourth-order valence-electron chi connectivity index (χ4n) is 4.26. The Labute approximate surface area is 223 Å². The van der Waals surface area contributed by atoms with Crippen LogP contribution in [0.1, 0.15) is 51.8 Å². The van der Waals surface area contributed by atoms with Gasteiger partial charge in [0.15, 0.2) is 0 Å². The number of rotatable bonds is 4. The van der Waals surface area contributed by atoms with Crippen molar-refractivity contribution in [2.75, 3.05) is 26.2 Å². The smallest absolute Gasteiger partial charge is 0.333 e. The summed E-state index contributed by atoms with van der Waals surface area (Å²) in [7, 11) is 0. The molecule has 1 aromatic heterocycles. The van der Waals surface area contributed by atoms with Crippen LogP contribution in [0, 0.1) is 5.82 Å². The second kappa shape index (κ2) is 10.9. The summed E-state index contributed by atoms with van der Waals surface area (Å²) < 4.78 is 14.8. The van der Waals surface area contributed by atoms with Crippen LogP contribution in [0.4, 0.5) is 9.18 Å². The van der Waals surface area contributed by atoms with E-state index < -0.39 is 35.0 Å². The fourth-order valence-corrected chi connectivity index (χ4v) is 4.26. The number of H-pyrrole nitrogens is 1. The maximum Gasteiger partial charge on any atom is 0.333 e. The molecule has 11 nitrogen and oxygen atoms in total. The van der Waals surface area contributed by atoms with E-state index in [1.807, 2.05) is 6.07 Å². The molecule has 4 rings (SSSR count). The summed E-state index contributed by atoms with van der Waals surface area (Å²) in [6.45, 7) is 6.07. The predicted octanol–water partition coefficient (Wildman–Crippen LogP) is 2.22. The second-order valence-electron chi connectivity index (χ2n) is 10.1. The van der Waals surface area contributed by atoms with Crippen molar-refractivity contribution in [1.29, 1.82) is 0 Å². The number of Topliss-reactive ketones (excluding diaryl/α,β-unsaturated/α-hetero) is 1. The van der Waals surface area contributed by atoms with E-state index in [2.05, 4.69) is 21.2 Å². The third-order valence-electron chi connectivity index (χ3n) is 6.12. The van der Waals surface area contributed by atoms with Gasteiger partial charge in [0.2, 0.25) is 0 Å². The minimum absolute atomic E-state index is 0.0000401. The highest BCUT2D eigenvalue weighted by atomic mass is 19.1. The monoisotopic (exact) mass is 536 g/mol. The highest BCUT2D eigenvalue weighted by molar-refractivity contribution is 6.45. The van der Waals surface area contributed by atoms with Gasteiger partial charge in [-0.25, -0.2) is 14.6 Å². The molecule has 2 aromatic carbocycles. The van der Waals surface area contributed by atoms with Crippen molar-refractivity contribution in [2.24, 2.45) is 0 Å². The summed E-state index contributed by atoms with van der Waals surface area (Å²) in [5, 5.41) is 2.40. The number of ketones is 1. The average molecular weight is 537 g/mol. The number of fused-ring (bicyclic) bond motifs is 1. The first kappa shape index (κ1) is 27.3. The number of piperazine rings is 1. The highest BCUT2D eigenvalue weighted by Crippen LogP contribution is 2.26. The zero-order valence-electron chi connectivity index (χ0n) is 21.8. The molecule has 0 saturated carbocycles. The van der Waals surface area contributed by atoms with Crippen LogP contribution in [-0.4, -0.2) is 76.0 Å². The number of hydrogen-bond acceptors (Lipinski definition) is 5. The lowest BCUT2D eigenvalue weighted by Gasteiger charge is -2.34. The van der Waals surface area contributed by atoms with E-state index in [4.69, 9.17) is 0 Å². The van der Waals surface area contributed by atoms with Gasteiger partial charge in [-0.2, -0.15) is 0 Å². The molecule has 3 aromatic rings. The first-order valence-electron chi connectivity index (χ1n) is 12.3. The van der Waals surface area contributed by atoms with Gasteiger partial charge in [-0.3, -0.25) is 24.6 Å². The molecular weight excluding hydrogens is 507 g/mol. The minimum Gasteiger partial charge on any atom is -0.360 e. The number of amides is 5. The first-order chi connectivity index (χ1) is 18.5. The van der Waals surface area contributed by atoms with Gasteiger partial charge in [-0.1, -0.05) is 18.2 Å². The molecule has 0 unspecified atom stereocenters. The number of nitrogens with one attached hydrogen (secondary N) is 4. The largest absolute Gasteiger partial charge is 0.360 e. The quantitative estimate of drug-likeness (QED) is 0.230. The van der Waals surface area contributed by atoms with Gasteiger partial charge in [0, 0.05) is 48.9 Å². The van der Waals surface area contributed by atoms with Crippen molar-refractivity contribution in [2.45, 2.75) is 26.3 Å². The first-order valence-corrected chi connectivity index (χ1v) is 12.3. The molecule has 4 N–H and O–H groups in total. The number of aromatic amines is 1. The molecule has 2 heterocycles. The number of carbonyl (C=O) groups is 5. The molecule has 204 valence electrons. The number of carbonyl (C=O) groups excluding carboxylic acids is 5. The van der Waals surface area contributed by atoms with Crippen LogP contribution in [0.25, 0.3) is 10.9 Å². The van der Waals surface area contributed by atoms with E-state index >= 15 is 0 Å². The van der Waals surface area contributed by atoms with Gasteiger partial charge >= 0.3 is 6.03 Å². The molecule has 1 saturated heterocycles. The summed E-state index contributed by atoms with van der Waals surface area (Å²) in [5.74, 6) is -3.49. The lowest BCUT2D eigenvalue weighted by Crippen LogP contribution is -2.52. The Bertz CT molecular complexity index is 1440. The Kier molecular flexibility index (Phi) is 7.65. The SMILES string of the molecule is CC(C)(C)NC(=O)NNC(=O)c1ccc(F)c2c(C(=O)C(=O)N3CCN(C(=O)c4ccccc4)CC3)c[nH]c12. The van der Waals surface area contributed by atoms with E-state index in [-0.39, 0.29) is 54.1 Å². The lowest BCUT2D eigenvalue weighted by molar-refractivity contribution is -0.127. The van der Waals surface area contributed by atoms with E-state index in [1.165, 1.54) is 17.2 Å². The molecule has 0 bridgehead atoms. The van der Waals surface area contributed by atoms with Gasteiger partial charge in [0.25, 0.3) is 23.5 Å². The Balaban J connectivity index is 1.45. The molecule has 0 aliphatic carbocycles. The standard InChI is InChI=1S/C27H29FN6O5/c1-27(2,3)30-26(39)32-31-23(36)17-9-10-19(28)20-18(15-29-21(17)20)22(35)25(38)34-13-11-33(12-14-34)24(37)16-7-5-4-6-8-16/h4-10,15,29H,11-14H2,1-3H3,(H,31,36)(H2,30,32,39). The Morgan fingerprint density at radius 1 is 0.846 bits per heavy atom. The topological polar surface area (TPSA) is 144 Å². The van der Waals surface area contributed by atoms with Gasteiger partial charge in [-0.15, -0.1) is 0 Å². The maximum atomic E-state index is 14.8. The van der Waals surface area contributed by atoms with Gasteiger partial charge < -0.3 is 20.1 Å². The Hall–Kier alpha value is -4.74. The number of aromatic nitrogens is 1. The zero-order chi connectivity index (χ0) is 28.3. The third kappa shape index (κ3) is 6.06. The van der Waals surface area contributed by atoms with Crippen LogP contribution in [-0.2, 0) is 4.79 Å².